The molecule has 0 aliphatic carbocycles. The standard InChI is InChI=1S/C16H29N3OS/c1-5-6-17-15(9-14-11-21-13(4)18-14)16-10-19(12(2)3)7-8-20-16/h11-12,15-17H,5-10H2,1-4H3. The van der Waals surface area contributed by atoms with Crippen molar-refractivity contribution in [3.05, 3.63) is 16.1 Å². The summed E-state index contributed by atoms with van der Waals surface area (Å²) in [6.45, 7) is 12.7. The van der Waals surface area contributed by atoms with E-state index >= 15 is 0 Å². The summed E-state index contributed by atoms with van der Waals surface area (Å²) < 4.78 is 6.07. The van der Waals surface area contributed by atoms with Gasteiger partial charge in [0.1, 0.15) is 0 Å². The summed E-state index contributed by atoms with van der Waals surface area (Å²) in [6, 6.07) is 0.942. The summed E-state index contributed by atoms with van der Waals surface area (Å²) in [6.07, 6.45) is 2.36. The van der Waals surface area contributed by atoms with Crippen molar-refractivity contribution in [1.29, 1.82) is 0 Å². The molecule has 1 aromatic rings. The molecule has 1 N–H and O–H groups in total. The Morgan fingerprint density at radius 3 is 2.95 bits per heavy atom. The van der Waals surface area contributed by atoms with E-state index in [1.807, 2.05) is 0 Å². The van der Waals surface area contributed by atoms with E-state index in [1.54, 1.807) is 11.3 Å². The molecule has 0 radical (unpaired) electrons. The lowest BCUT2D eigenvalue weighted by Gasteiger charge is -2.39. The van der Waals surface area contributed by atoms with Crippen molar-refractivity contribution < 1.29 is 4.74 Å². The topological polar surface area (TPSA) is 37.4 Å². The number of morpholine rings is 1. The molecular formula is C16H29N3OS. The quantitative estimate of drug-likeness (QED) is 0.839. The second-order valence-corrected chi connectivity index (χ2v) is 7.18. The van der Waals surface area contributed by atoms with Gasteiger partial charge < -0.3 is 10.1 Å². The third kappa shape index (κ3) is 5.02. The van der Waals surface area contributed by atoms with E-state index in [4.69, 9.17) is 4.74 Å². The molecule has 21 heavy (non-hydrogen) atoms. The molecule has 1 fully saturated rings. The van der Waals surface area contributed by atoms with Crippen LogP contribution in [-0.2, 0) is 11.2 Å². The first-order valence-corrected chi connectivity index (χ1v) is 8.98. The van der Waals surface area contributed by atoms with Gasteiger partial charge in [0.25, 0.3) is 0 Å². The highest BCUT2D eigenvalue weighted by molar-refractivity contribution is 7.09. The number of rotatable bonds is 7. The Balaban J connectivity index is 2.00. The normalized spacial score (nSPS) is 21.9. The average molecular weight is 311 g/mol. The molecule has 120 valence electrons. The number of hydrogen-bond acceptors (Lipinski definition) is 5. The van der Waals surface area contributed by atoms with Gasteiger partial charge in [-0.05, 0) is 33.7 Å². The van der Waals surface area contributed by atoms with Crippen LogP contribution >= 0.6 is 11.3 Å². The number of ether oxygens (including phenoxy) is 1. The number of aryl methyl sites for hydroxylation is 1. The average Bonchev–Trinajstić information content (AvgIpc) is 2.89. The lowest BCUT2D eigenvalue weighted by Crippen LogP contribution is -2.54. The lowest BCUT2D eigenvalue weighted by molar-refractivity contribution is -0.0553. The first kappa shape index (κ1) is 16.9. The van der Waals surface area contributed by atoms with Crippen LogP contribution in [0, 0.1) is 6.92 Å². The van der Waals surface area contributed by atoms with Gasteiger partial charge in [-0.15, -0.1) is 11.3 Å². The van der Waals surface area contributed by atoms with Crippen LogP contribution in [0.25, 0.3) is 0 Å². The molecule has 1 aliphatic heterocycles. The molecule has 0 spiro atoms. The molecule has 1 saturated heterocycles. The zero-order valence-electron chi connectivity index (χ0n) is 13.8. The van der Waals surface area contributed by atoms with Gasteiger partial charge in [-0.1, -0.05) is 6.92 Å². The van der Waals surface area contributed by atoms with Crippen molar-refractivity contribution >= 4 is 11.3 Å². The molecule has 2 rings (SSSR count). The van der Waals surface area contributed by atoms with E-state index in [1.165, 1.54) is 5.69 Å². The third-order valence-corrected chi connectivity index (χ3v) is 4.88. The van der Waals surface area contributed by atoms with Gasteiger partial charge in [0, 0.05) is 37.0 Å². The molecule has 2 unspecified atom stereocenters. The van der Waals surface area contributed by atoms with Crippen LogP contribution in [0.2, 0.25) is 0 Å². The fraction of sp³-hybridized carbons (Fsp3) is 0.812. The Labute approximate surface area is 132 Å². The summed E-state index contributed by atoms with van der Waals surface area (Å²) in [5.41, 5.74) is 1.19. The van der Waals surface area contributed by atoms with Crippen molar-refractivity contribution in [3.63, 3.8) is 0 Å². The summed E-state index contributed by atoms with van der Waals surface area (Å²) in [5.74, 6) is 0. The van der Waals surface area contributed by atoms with E-state index in [0.29, 0.717) is 12.1 Å². The van der Waals surface area contributed by atoms with Gasteiger partial charge in [0.2, 0.25) is 0 Å². The fourth-order valence-electron chi connectivity index (χ4n) is 2.80. The smallest absolute Gasteiger partial charge is 0.0897 e. The van der Waals surface area contributed by atoms with Gasteiger partial charge in [0.15, 0.2) is 0 Å². The predicted octanol–water partition coefficient (Wildman–Crippen LogP) is 2.47. The predicted molar refractivity (Wildman–Crippen MR) is 89.1 cm³/mol. The first-order chi connectivity index (χ1) is 10.1. The highest BCUT2D eigenvalue weighted by atomic mass is 32.1. The molecule has 1 aliphatic rings. The van der Waals surface area contributed by atoms with Gasteiger partial charge in [-0.2, -0.15) is 0 Å². The van der Waals surface area contributed by atoms with E-state index in [9.17, 15) is 0 Å². The maximum atomic E-state index is 6.07. The van der Waals surface area contributed by atoms with Crippen LogP contribution in [0.3, 0.4) is 0 Å². The number of aromatic nitrogens is 1. The van der Waals surface area contributed by atoms with Gasteiger partial charge in [0.05, 0.1) is 23.4 Å². The van der Waals surface area contributed by atoms with Crippen molar-refractivity contribution in [2.45, 2.75) is 58.7 Å². The Morgan fingerprint density at radius 1 is 1.52 bits per heavy atom. The largest absolute Gasteiger partial charge is 0.374 e. The molecule has 0 amide bonds. The molecule has 0 aromatic carbocycles. The minimum atomic E-state index is 0.259. The minimum Gasteiger partial charge on any atom is -0.374 e. The highest BCUT2D eigenvalue weighted by Crippen LogP contribution is 2.17. The third-order valence-electron chi connectivity index (χ3n) is 4.06. The van der Waals surface area contributed by atoms with E-state index in [-0.39, 0.29) is 6.10 Å². The second-order valence-electron chi connectivity index (χ2n) is 6.12. The molecule has 2 atom stereocenters. The Kier molecular flexibility index (Phi) is 6.61. The SMILES string of the molecule is CCCNC(Cc1csc(C)n1)C1CN(C(C)C)CCO1. The molecule has 0 bridgehead atoms. The second kappa shape index (κ2) is 8.22. The van der Waals surface area contributed by atoms with Crippen molar-refractivity contribution in [3.8, 4) is 0 Å². The van der Waals surface area contributed by atoms with E-state index in [2.05, 4.69) is 48.3 Å². The number of thiazole rings is 1. The van der Waals surface area contributed by atoms with Crippen molar-refractivity contribution in [2.24, 2.45) is 0 Å². The van der Waals surface area contributed by atoms with E-state index in [0.717, 1.165) is 44.1 Å². The van der Waals surface area contributed by atoms with Gasteiger partial charge in [-0.25, -0.2) is 4.98 Å². The van der Waals surface area contributed by atoms with Crippen molar-refractivity contribution in [1.82, 2.24) is 15.2 Å². The number of hydrogen-bond donors (Lipinski definition) is 1. The molecule has 0 saturated carbocycles. The van der Waals surface area contributed by atoms with Crippen LogP contribution in [-0.4, -0.2) is 54.3 Å². The van der Waals surface area contributed by atoms with Crippen LogP contribution in [0.4, 0.5) is 0 Å². The fourth-order valence-corrected chi connectivity index (χ4v) is 3.43. The lowest BCUT2D eigenvalue weighted by atomic mass is 10.0. The zero-order chi connectivity index (χ0) is 15.2. The monoisotopic (exact) mass is 311 g/mol. The summed E-state index contributed by atoms with van der Waals surface area (Å²) in [5, 5.41) is 6.99. The Morgan fingerprint density at radius 2 is 2.33 bits per heavy atom. The molecule has 5 heteroatoms. The zero-order valence-corrected chi connectivity index (χ0v) is 14.6. The summed E-state index contributed by atoms with van der Waals surface area (Å²) in [7, 11) is 0. The Hall–Kier alpha value is -0.490. The van der Waals surface area contributed by atoms with Crippen LogP contribution < -0.4 is 5.32 Å². The summed E-state index contributed by atoms with van der Waals surface area (Å²) in [4.78, 5) is 7.13. The molecule has 1 aromatic heterocycles. The van der Waals surface area contributed by atoms with Gasteiger partial charge >= 0.3 is 0 Å². The minimum absolute atomic E-state index is 0.259. The Bertz CT molecular complexity index is 421. The maximum absolute atomic E-state index is 6.07. The van der Waals surface area contributed by atoms with Crippen molar-refractivity contribution in [2.75, 3.05) is 26.2 Å². The van der Waals surface area contributed by atoms with Crippen LogP contribution in [0.1, 0.15) is 37.9 Å². The molecule has 4 nitrogen and oxygen atoms in total. The summed E-state index contributed by atoms with van der Waals surface area (Å²) >= 11 is 1.73. The van der Waals surface area contributed by atoms with Gasteiger partial charge in [-0.3, -0.25) is 4.90 Å². The molecule has 2 heterocycles. The first-order valence-electron chi connectivity index (χ1n) is 8.10. The van der Waals surface area contributed by atoms with Crippen LogP contribution in [0.5, 0.6) is 0 Å². The number of nitrogens with one attached hydrogen (secondary N) is 1. The van der Waals surface area contributed by atoms with Crippen LogP contribution in [0.15, 0.2) is 5.38 Å². The maximum Gasteiger partial charge on any atom is 0.0897 e. The highest BCUT2D eigenvalue weighted by Gasteiger charge is 2.29. The molecular weight excluding hydrogens is 282 g/mol. The van der Waals surface area contributed by atoms with E-state index < -0.39 is 0 Å². The number of nitrogens with zero attached hydrogens (tertiary/aromatic N) is 2.